The number of anilines is 1. The van der Waals surface area contributed by atoms with E-state index in [1.165, 1.54) is 24.2 Å². The molecule has 1 atom stereocenters. The smallest absolute Gasteiger partial charge is 0.243 e. The Bertz CT molecular complexity index is 319. The van der Waals surface area contributed by atoms with Gasteiger partial charge in [0.25, 0.3) is 0 Å². The third-order valence-electron chi connectivity index (χ3n) is 2.73. The van der Waals surface area contributed by atoms with E-state index >= 15 is 0 Å². The lowest BCUT2D eigenvalue weighted by atomic mass is 10.3. The van der Waals surface area contributed by atoms with Crippen LogP contribution in [0.25, 0.3) is 0 Å². The SMILES string of the molecule is C[C@H](C(=O)Nc1nccs1)N1CCCC1. The summed E-state index contributed by atoms with van der Waals surface area (Å²) in [6.45, 7) is 4.02. The lowest BCUT2D eigenvalue weighted by Gasteiger charge is -2.21. The Morgan fingerprint density at radius 3 is 2.93 bits per heavy atom. The fourth-order valence-electron chi connectivity index (χ4n) is 1.79. The Hall–Kier alpha value is -0.940. The second-order valence-corrected chi connectivity index (χ2v) is 4.64. The van der Waals surface area contributed by atoms with Gasteiger partial charge in [-0.1, -0.05) is 0 Å². The first-order valence-corrected chi connectivity index (χ1v) is 6.10. The molecule has 0 unspecified atom stereocenters. The topological polar surface area (TPSA) is 45.2 Å². The molecule has 0 saturated carbocycles. The van der Waals surface area contributed by atoms with Crippen LogP contribution in [0, 0.1) is 0 Å². The molecular weight excluding hydrogens is 210 g/mol. The van der Waals surface area contributed by atoms with Crippen LogP contribution < -0.4 is 5.32 Å². The highest BCUT2D eigenvalue weighted by atomic mass is 32.1. The van der Waals surface area contributed by atoms with E-state index in [1.54, 1.807) is 6.20 Å². The number of amides is 1. The predicted molar refractivity (Wildman–Crippen MR) is 61.0 cm³/mol. The molecule has 5 heteroatoms. The molecule has 1 saturated heterocycles. The minimum Gasteiger partial charge on any atom is -0.301 e. The molecule has 1 aromatic rings. The fraction of sp³-hybridized carbons (Fsp3) is 0.600. The zero-order chi connectivity index (χ0) is 10.7. The monoisotopic (exact) mass is 225 g/mol. The van der Waals surface area contributed by atoms with Crippen molar-refractivity contribution < 1.29 is 4.79 Å². The van der Waals surface area contributed by atoms with Gasteiger partial charge >= 0.3 is 0 Å². The van der Waals surface area contributed by atoms with E-state index < -0.39 is 0 Å². The maximum absolute atomic E-state index is 11.8. The van der Waals surface area contributed by atoms with Crippen LogP contribution in [-0.4, -0.2) is 34.9 Å². The van der Waals surface area contributed by atoms with Crippen molar-refractivity contribution in [1.82, 2.24) is 9.88 Å². The van der Waals surface area contributed by atoms with Gasteiger partial charge in [-0.2, -0.15) is 0 Å². The summed E-state index contributed by atoms with van der Waals surface area (Å²) in [6.07, 6.45) is 4.10. The molecule has 0 aromatic carbocycles. The summed E-state index contributed by atoms with van der Waals surface area (Å²) in [4.78, 5) is 18.1. The van der Waals surface area contributed by atoms with Gasteiger partial charge in [-0.25, -0.2) is 4.98 Å². The molecule has 1 aromatic heterocycles. The number of likely N-dealkylation sites (tertiary alicyclic amines) is 1. The van der Waals surface area contributed by atoms with Gasteiger partial charge in [-0.05, 0) is 32.9 Å². The Kier molecular flexibility index (Phi) is 3.33. The summed E-state index contributed by atoms with van der Waals surface area (Å²) in [6, 6.07) is -0.0450. The van der Waals surface area contributed by atoms with Gasteiger partial charge in [0.1, 0.15) is 0 Å². The molecule has 1 aliphatic heterocycles. The van der Waals surface area contributed by atoms with Crippen molar-refractivity contribution in [2.24, 2.45) is 0 Å². The lowest BCUT2D eigenvalue weighted by Crippen LogP contribution is -2.40. The molecule has 0 bridgehead atoms. The molecule has 0 aliphatic carbocycles. The number of rotatable bonds is 3. The number of thiazole rings is 1. The average Bonchev–Trinajstić information content (AvgIpc) is 2.88. The largest absolute Gasteiger partial charge is 0.301 e. The summed E-state index contributed by atoms with van der Waals surface area (Å²) >= 11 is 1.45. The van der Waals surface area contributed by atoms with Gasteiger partial charge in [-0.15, -0.1) is 11.3 Å². The van der Waals surface area contributed by atoms with Gasteiger partial charge in [0.05, 0.1) is 6.04 Å². The van der Waals surface area contributed by atoms with Crippen LogP contribution in [0.2, 0.25) is 0 Å². The van der Waals surface area contributed by atoms with Crippen molar-refractivity contribution in [2.45, 2.75) is 25.8 Å². The van der Waals surface area contributed by atoms with Gasteiger partial charge in [0.15, 0.2) is 5.13 Å². The second kappa shape index (κ2) is 4.72. The van der Waals surface area contributed by atoms with Gasteiger partial charge in [-0.3, -0.25) is 9.69 Å². The first kappa shape index (κ1) is 10.6. The Morgan fingerprint density at radius 1 is 1.60 bits per heavy atom. The van der Waals surface area contributed by atoms with Crippen LogP contribution in [0.5, 0.6) is 0 Å². The number of nitrogens with zero attached hydrogens (tertiary/aromatic N) is 2. The molecule has 2 heterocycles. The number of nitrogens with one attached hydrogen (secondary N) is 1. The lowest BCUT2D eigenvalue weighted by molar-refractivity contribution is -0.120. The van der Waals surface area contributed by atoms with Crippen molar-refractivity contribution in [2.75, 3.05) is 18.4 Å². The van der Waals surface area contributed by atoms with Crippen LogP contribution in [0.4, 0.5) is 5.13 Å². The van der Waals surface area contributed by atoms with Crippen LogP contribution in [0.3, 0.4) is 0 Å². The van der Waals surface area contributed by atoms with Gasteiger partial charge < -0.3 is 5.32 Å². The minimum absolute atomic E-state index is 0.0450. The van der Waals surface area contributed by atoms with Crippen LogP contribution in [0.15, 0.2) is 11.6 Å². The second-order valence-electron chi connectivity index (χ2n) is 3.75. The first-order valence-electron chi connectivity index (χ1n) is 5.22. The van der Waals surface area contributed by atoms with E-state index in [9.17, 15) is 4.79 Å². The van der Waals surface area contributed by atoms with Gasteiger partial charge in [0, 0.05) is 11.6 Å². The van der Waals surface area contributed by atoms with E-state index in [0.29, 0.717) is 5.13 Å². The fourth-order valence-corrected chi connectivity index (χ4v) is 2.32. The zero-order valence-corrected chi connectivity index (χ0v) is 9.59. The number of carbonyl (C=O) groups is 1. The van der Waals surface area contributed by atoms with Crippen molar-refractivity contribution in [3.63, 3.8) is 0 Å². The quantitative estimate of drug-likeness (QED) is 0.849. The van der Waals surface area contributed by atoms with E-state index in [-0.39, 0.29) is 11.9 Å². The van der Waals surface area contributed by atoms with E-state index in [1.807, 2.05) is 12.3 Å². The molecule has 0 radical (unpaired) electrons. The summed E-state index contributed by atoms with van der Waals surface area (Å²) in [7, 11) is 0. The third-order valence-corrected chi connectivity index (χ3v) is 3.42. The molecule has 15 heavy (non-hydrogen) atoms. The highest BCUT2D eigenvalue weighted by molar-refractivity contribution is 7.13. The van der Waals surface area contributed by atoms with Crippen molar-refractivity contribution in [3.05, 3.63) is 11.6 Å². The molecule has 1 amide bonds. The Balaban J connectivity index is 1.89. The summed E-state index contributed by atoms with van der Waals surface area (Å²) in [5, 5.41) is 5.37. The Labute approximate surface area is 93.3 Å². The zero-order valence-electron chi connectivity index (χ0n) is 8.77. The maximum Gasteiger partial charge on any atom is 0.243 e. The van der Waals surface area contributed by atoms with Crippen LogP contribution in [0.1, 0.15) is 19.8 Å². The Morgan fingerprint density at radius 2 is 2.33 bits per heavy atom. The van der Waals surface area contributed by atoms with Crippen molar-refractivity contribution >= 4 is 22.4 Å². The standard InChI is InChI=1S/C10H15N3OS/c1-8(13-5-2-3-6-13)9(14)12-10-11-4-7-15-10/h4,7-8H,2-3,5-6H2,1H3,(H,11,12,14)/t8-/m1/s1. The minimum atomic E-state index is -0.0450. The number of aromatic nitrogens is 1. The highest BCUT2D eigenvalue weighted by Crippen LogP contribution is 2.15. The van der Waals surface area contributed by atoms with Gasteiger partial charge in [0.2, 0.25) is 5.91 Å². The normalized spacial score (nSPS) is 19.0. The average molecular weight is 225 g/mol. The summed E-state index contributed by atoms with van der Waals surface area (Å²) in [5.41, 5.74) is 0. The number of hydrogen-bond acceptors (Lipinski definition) is 4. The first-order chi connectivity index (χ1) is 7.27. The van der Waals surface area contributed by atoms with E-state index in [2.05, 4.69) is 15.2 Å². The summed E-state index contributed by atoms with van der Waals surface area (Å²) in [5.74, 6) is 0.0480. The number of carbonyl (C=O) groups excluding carboxylic acids is 1. The molecule has 2 rings (SSSR count). The third kappa shape index (κ3) is 2.54. The van der Waals surface area contributed by atoms with E-state index in [0.717, 1.165) is 13.1 Å². The van der Waals surface area contributed by atoms with Crippen molar-refractivity contribution in [1.29, 1.82) is 0 Å². The molecule has 0 spiro atoms. The van der Waals surface area contributed by atoms with Crippen LogP contribution in [-0.2, 0) is 4.79 Å². The molecule has 1 fully saturated rings. The summed E-state index contributed by atoms with van der Waals surface area (Å²) < 4.78 is 0. The molecule has 82 valence electrons. The molecule has 1 aliphatic rings. The van der Waals surface area contributed by atoms with Crippen LogP contribution >= 0.6 is 11.3 Å². The molecule has 4 nitrogen and oxygen atoms in total. The molecule has 1 N–H and O–H groups in total. The highest BCUT2D eigenvalue weighted by Gasteiger charge is 2.24. The number of hydrogen-bond donors (Lipinski definition) is 1. The van der Waals surface area contributed by atoms with Crippen molar-refractivity contribution in [3.8, 4) is 0 Å². The molecular formula is C10H15N3OS. The predicted octanol–water partition coefficient (Wildman–Crippen LogP) is 1.57. The maximum atomic E-state index is 11.8. The van der Waals surface area contributed by atoms with E-state index in [4.69, 9.17) is 0 Å².